The Balaban J connectivity index is 2.04. The van der Waals surface area contributed by atoms with Crippen molar-refractivity contribution in [3.63, 3.8) is 0 Å². The van der Waals surface area contributed by atoms with Crippen LogP contribution in [0.2, 0.25) is 0 Å². The van der Waals surface area contributed by atoms with Gasteiger partial charge in [0.25, 0.3) is 0 Å². The molecule has 17 heavy (non-hydrogen) atoms. The highest BCUT2D eigenvalue weighted by Gasteiger charge is 2.14. The molecule has 0 saturated carbocycles. The molecule has 0 radical (unpaired) electrons. The molecular formula is C15H22N2. The molecule has 1 rings (SSSR count). The van der Waals surface area contributed by atoms with Gasteiger partial charge in [-0.3, -0.25) is 0 Å². The second kappa shape index (κ2) is 7.09. The fourth-order valence-electron chi connectivity index (χ4n) is 1.71. The first-order chi connectivity index (χ1) is 8.14. The number of nitriles is 1. The fraction of sp³-hybridized carbons (Fsp3) is 0.533. The summed E-state index contributed by atoms with van der Waals surface area (Å²) in [5, 5.41) is 12.3. The van der Waals surface area contributed by atoms with Crippen molar-refractivity contribution in [2.45, 2.75) is 33.1 Å². The third-order valence-corrected chi connectivity index (χ3v) is 2.89. The molecule has 0 bridgehead atoms. The Morgan fingerprint density at radius 3 is 2.53 bits per heavy atom. The zero-order valence-electron chi connectivity index (χ0n) is 10.9. The molecule has 0 aliphatic carbocycles. The van der Waals surface area contributed by atoms with E-state index in [0.29, 0.717) is 0 Å². The molecule has 2 nitrogen and oxygen atoms in total. The summed E-state index contributed by atoms with van der Waals surface area (Å²) in [6, 6.07) is 12.8. The van der Waals surface area contributed by atoms with E-state index in [1.54, 1.807) is 0 Å². The highest BCUT2D eigenvalue weighted by molar-refractivity contribution is 5.14. The summed E-state index contributed by atoms with van der Waals surface area (Å²) >= 11 is 0. The molecule has 2 heteroatoms. The molecule has 1 aromatic carbocycles. The zero-order valence-corrected chi connectivity index (χ0v) is 10.9. The van der Waals surface area contributed by atoms with Crippen LogP contribution in [0.5, 0.6) is 0 Å². The molecule has 0 aliphatic heterocycles. The minimum atomic E-state index is -0.179. The molecule has 0 saturated heterocycles. The Morgan fingerprint density at radius 1 is 1.18 bits per heavy atom. The van der Waals surface area contributed by atoms with Gasteiger partial charge in [0.15, 0.2) is 0 Å². The fourth-order valence-corrected chi connectivity index (χ4v) is 1.71. The molecule has 0 aromatic heterocycles. The van der Waals surface area contributed by atoms with Gasteiger partial charge in [-0.15, -0.1) is 0 Å². The zero-order chi connectivity index (χ0) is 12.6. The van der Waals surface area contributed by atoms with Gasteiger partial charge >= 0.3 is 0 Å². The minimum absolute atomic E-state index is 0.179. The largest absolute Gasteiger partial charge is 0.316 e. The van der Waals surface area contributed by atoms with Crippen molar-refractivity contribution in [2.24, 2.45) is 5.41 Å². The number of hydrogen-bond donors (Lipinski definition) is 1. The molecule has 0 amide bonds. The highest BCUT2D eigenvalue weighted by Crippen LogP contribution is 2.19. The van der Waals surface area contributed by atoms with Gasteiger partial charge in [0.1, 0.15) is 0 Å². The lowest BCUT2D eigenvalue weighted by atomic mass is 9.90. The van der Waals surface area contributed by atoms with E-state index in [9.17, 15) is 0 Å². The van der Waals surface area contributed by atoms with E-state index in [1.165, 1.54) is 5.56 Å². The van der Waals surface area contributed by atoms with Gasteiger partial charge in [-0.05, 0) is 51.8 Å². The SMILES string of the molecule is CC(C)(C#N)CCCNCCc1ccccc1. The lowest BCUT2D eigenvalue weighted by Crippen LogP contribution is -2.20. The topological polar surface area (TPSA) is 35.8 Å². The first kappa shape index (κ1) is 13.7. The molecule has 0 fully saturated rings. The average molecular weight is 230 g/mol. The van der Waals surface area contributed by atoms with E-state index in [4.69, 9.17) is 5.26 Å². The average Bonchev–Trinajstić information content (AvgIpc) is 2.35. The van der Waals surface area contributed by atoms with Gasteiger partial charge in [0, 0.05) is 0 Å². The van der Waals surface area contributed by atoms with Crippen molar-refractivity contribution < 1.29 is 0 Å². The molecular weight excluding hydrogens is 208 g/mol. The van der Waals surface area contributed by atoms with E-state index >= 15 is 0 Å². The lowest BCUT2D eigenvalue weighted by molar-refractivity contribution is 0.426. The number of nitrogens with one attached hydrogen (secondary N) is 1. The molecule has 0 heterocycles. The maximum atomic E-state index is 8.87. The number of rotatable bonds is 7. The Bertz CT molecular complexity index is 349. The monoisotopic (exact) mass is 230 g/mol. The van der Waals surface area contributed by atoms with E-state index in [0.717, 1.165) is 32.4 Å². The van der Waals surface area contributed by atoms with Crippen molar-refractivity contribution in [1.29, 1.82) is 5.26 Å². The van der Waals surface area contributed by atoms with Gasteiger partial charge in [0.05, 0.1) is 11.5 Å². The minimum Gasteiger partial charge on any atom is -0.316 e. The predicted octanol–water partition coefficient (Wildman–Crippen LogP) is 3.15. The van der Waals surface area contributed by atoms with Gasteiger partial charge in [-0.1, -0.05) is 30.3 Å². The maximum absolute atomic E-state index is 8.87. The summed E-state index contributed by atoms with van der Waals surface area (Å²) in [5.74, 6) is 0. The van der Waals surface area contributed by atoms with Crippen LogP contribution in [-0.2, 0) is 6.42 Å². The normalized spacial score (nSPS) is 11.1. The van der Waals surface area contributed by atoms with Crippen LogP contribution in [0.15, 0.2) is 30.3 Å². The summed E-state index contributed by atoms with van der Waals surface area (Å²) in [6.45, 7) is 6.00. The van der Waals surface area contributed by atoms with E-state index in [-0.39, 0.29) is 5.41 Å². The Hall–Kier alpha value is -1.33. The van der Waals surface area contributed by atoms with Crippen LogP contribution in [0.3, 0.4) is 0 Å². The van der Waals surface area contributed by atoms with Gasteiger partial charge in [-0.2, -0.15) is 5.26 Å². The molecule has 1 N–H and O–H groups in total. The maximum Gasteiger partial charge on any atom is 0.0683 e. The van der Waals surface area contributed by atoms with Crippen LogP contribution in [0.4, 0.5) is 0 Å². The Morgan fingerprint density at radius 2 is 1.88 bits per heavy atom. The molecule has 92 valence electrons. The summed E-state index contributed by atoms with van der Waals surface area (Å²) in [4.78, 5) is 0. The van der Waals surface area contributed by atoms with Crippen LogP contribution < -0.4 is 5.32 Å². The van der Waals surface area contributed by atoms with Gasteiger partial charge < -0.3 is 5.32 Å². The molecule has 0 spiro atoms. The van der Waals surface area contributed by atoms with Crippen molar-refractivity contribution >= 4 is 0 Å². The molecule has 1 aromatic rings. The van der Waals surface area contributed by atoms with Gasteiger partial charge in [0.2, 0.25) is 0 Å². The highest BCUT2D eigenvalue weighted by atomic mass is 14.8. The van der Waals surface area contributed by atoms with Crippen LogP contribution in [-0.4, -0.2) is 13.1 Å². The van der Waals surface area contributed by atoms with Crippen molar-refractivity contribution in [1.82, 2.24) is 5.32 Å². The first-order valence-electron chi connectivity index (χ1n) is 6.30. The van der Waals surface area contributed by atoms with Gasteiger partial charge in [-0.25, -0.2) is 0 Å². The Labute approximate surface area is 105 Å². The Kier molecular flexibility index (Phi) is 5.72. The third kappa shape index (κ3) is 6.09. The van der Waals surface area contributed by atoms with Crippen molar-refractivity contribution in [3.8, 4) is 6.07 Å². The number of nitrogens with zero attached hydrogens (tertiary/aromatic N) is 1. The van der Waals surface area contributed by atoms with Crippen molar-refractivity contribution in [3.05, 3.63) is 35.9 Å². The third-order valence-electron chi connectivity index (χ3n) is 2.89. The first-order valence-corrected chi connectivity index (χ1v) is 6.30. The number of hydrogen-bond acceptors (Lipinski definition) is 2. The van der Waals surface area contributed by atoms with Crippen LogP contribution in [0.25, 0.3) is 0 Å². The number of benzene rings is 1. The predicted molar refractivity (Wildman–Crippen MR) is 71.6 cm³/mol. The summed E-state index contributed by atoms with van der Waals surface area (Å²) in [6.07, 6.45) is 3.10. The molecule has 0 atom stereocenters. The second-order valence-electron chi connectivity index (χ2n) is 5.08. The molecule has 0 aliphatic rings. The van der Waals surface area contributed by atoms with E-state index < -0.39 is 0 Å². The van der Waals surface area contributed by atoms with Crippen molar-refractivity contribution in [2.75, 3.05) is 13.1 Å². The quantitative estimate of drug-likeness (QED) is 0.730. The lowest BCUT2D eigenvalue weighted by Gasteiger charge is -2.14. The summed E-state index contributed by atoms with van der Waals surface area (Å²) < 4.78 is 0. The second-order valence-corrected chi connectivity index (χ2v) is 5.08. The van der Waals surface area contributed by atoms with E-state index in [1.807, 2.05) is 19.9 Å². The van der Waals surface area contributed by atoms with Crippen LogP contribution in [0.1, 0.15) is 32.3 Å². The van der Waals surface area contributed by atoms with Crippen LogP contribution in [0, 0.1) is 16.7 Å². The standard InChI is InChI=1S/C15H22N2/c1-15(2,13-16)10-6-11-17-12-9-14-7-4-3-5-8-14/h3-5,7-8,17H,6,9-12H2,1-2H3. The van der Waals surface area contributed by atoms with E-state index in [2.05, 4.69) is 35.7 Å². The smallest absolute Gasteiger partial charge is 0.0683 e. The molecule has 0 unspecified atom stereocenters. The summed E-state index contributed by atoms with van der Waals surface area (Å²) in [7, 11) is 0. The summed E-state index contributed by atoms with van der Waals surface area (Å²) in [5.41, 5.74) is 1.19. The van der Waals surface area contributed by atoms with Crippen LogP contribution >= 0.6 is 0 Å².